The van der Waals surface area contributed by atoms with Gasteiger partial charge in [-0.1, -0.05) is 19.4 Å². The fraction of sp³-hybridized carbons (Fsp3) is 0.348. The van der Waals surface area contributed by atoms with Gasteiger partial charge in [0.1, 0.15) is 6.17 Å². The van der Waals surface area contributed by atoms with Gasteiger partial charge >= 0.3 is 0 Å². The van der Waals surface area contributed by atoms with E-state index in [4.69, 9.17) is 5.10 Å². The molecule has 30 heavy (non-hydrogen) atoms. The van der Waals surface area contributed by atoms with Gasteiger partial charge in [-0.15, -0.1) is 0 Å². The number of hydrogen-bond donors (Lipinski definition) is 0. The molecule has 0 saturated carbocycles. The third kappa shape index (κ3) is 3.44. The van der Waals surface area contributed by atoms with Crippen molar-refractivity contribution in [3.05, 3.63) is 66.4 Å². The van der Waals surface area contributed by atoms with Gasteiger partial charge < -0.3 is 9.80 Å². The van der Waals surface area contributed by atoms with Gasteiger partial charge in [-0.25, -0.2) is 14.1 Å². The van der Waals surface area contributed by atoms with E-state index in [2.05, 4.69) is 40.1 Å². The molecule has 1 fully saturated rings. The number of unbranched alkanes of at least 4 members (excludes halogenated alkanes) is 1. The smallest absolute Gasteiger partial charge is 0.153 e. The van der Waals surface area contributed by atoms with E-state index in [9.17, 15) is 4.39 Å². The quantitative estimate of drug-likeness (QED) is 0.632. The lowest BCUT2D eigenvalue weighted by Gasteiger charge is -2.20. The molecule has 7 heteroatoms. The molecule has 0 spiro atoms. The summed E-state index contributed by atoms with van der Waals surface area (Å²) >= 11 is 0. The van der Waals surface area contributed by atoms with Crippen LogP contribution in [-0.2, 0) is 6.54 Å². The van der Waals surface area contributed by atoms with Crippen molar-refractivity contribution in [2.75, 3.05) is 22.9 Å². The Labute approximate surface area is 175 Å². The van der Waals surface area contributed by atoms with Gasteiger partial charge in [0.25, 0.3) is 0 Å². The molecule has 2 aliphatic heterocycles. The van der Waals surface area contributed by atoms with Gasteiger partial charge in [-0.3, -0.25) is 4.98 Å². The molecule has 2 aliphatic rings. The summed E-state index contributed by atoms with van der Waals surface area (Å²) < 4.78 is 15.3. The zero-order valence-corrected chi connectivity index (χ0v) is 17.1. The SMILES string of the molecule is CCCC=C1c2cn(-c3ccc(N4CC[C@H](F)C4)cn3)nc2CN1c1cccnc1. The van der Waals surface area contributed by atoms with Gasteiger partial charge in [0.15, 0.2) is 5.82 Å². The van der Waals surface area contributed by atoms with Crippen LogP contribution in [0, 0.1) is 0 Å². The lowest BCUT2D eigenvalue weighted by molar-refractivity contribution is 0.364. The van der Waals surface area contributed by atoms with Gasteiger partial charge in [0, 0.05) is 36.7 Å². The molecule has 0 aliphatic carbocycles. The molecule has 0 N–H and O–H groups in total. The first kappa shape index (κ1) is 18.8. The second-order valence-corrected chi connectivity index (χ2v) is 7.82. The van der Waals surface area contributed by atoms with Crippen molar-refractivity contribution >= 4 is 17.1 Å². The Morgan fingerprint density at radius 2 is 2.13 bits per heavy atom. The second kappa shape index (κ2) is 7.89. The van der Waals surface area contributed by atoms with Gasteiger partial charge in [-0.05, 0) is 37.1 Å². The lowest BCUT2D eigenvalue weighted by Crippen LogP contribution is -2.20. The lowest BCUT2D eigenvalue weighted by atomic mass is 10.2. The van der Waals surface area contributed by atoms with Crippen molar-refractivity contribution in [2.24, 2.45) is 0 Å². The molecule has 0 aromatic carbocycles. The Kier molecular flexibility index (Phi) is 4.94. The molecule has 0 unspecified atom stereocenters. The Morgan fingerprint density at radius 1 is 1.20 bits per heavy atom. The van der Waals surface area contributed by atoms with Crippen molar-refractivity contribution in [1.82, 2.24) is 19.7 Å². The number of halogens is 1. The fourth-order valence-electron chi connectivity index (χ4n) is 4.14. The second-order valence-electron chi connectivity index (χ2n) is 7.82. The molecule has 154 valence electrons. The van der Waals surface area contributed by atoms with Crippen LogP contribution in [0.4, 0.5) is 15.8 Å². The maximum atomic E-state index is 13.5. The first-order valence-corrected chi connectivity index (χ1v) is 10.5. The highest BCUT2D eigenvalue weighted by molar-refractivity contribution is 5.84. The molecule has 3 aromatic rings. The molecule has 1 atom stereocenters. The number of fused-ring (bicyclic) bond motifs is 1. The largest absolute Gasteiger partial charge is 0.367 e. The van der Waals surface area contributed by atoms with Crippen LogP contribution < -0.4 is 9.80 Å². The molecule has 0 radical (unpaired) electrons. The average molecular weight is 404 g/mol. The fourth-order valence-corrected chi connectivity index (χ4v) is 4.14. The molecule has 1 saturated heterocycles. The van der Waals surface area contributed by atoms with Crippen LogP contribution in [-0.4, -0.2) is 39.0 Å². The number of pyridine rings is 2. The Morgan fingerprint density at radius 3 is 2.83 bits per heavy atom. The number of hydrogen-bond acceptors (Lipinski definition) is 5. The molecule has 0 bridgehead atoms. The van der Waals surface area contributed by atoms with Crippen molar-refractivity contribution in [1.29, 1.82) is 0 Å². The zero-order valence-electron chi connectivity index (χ0n) is 17.1. The first-order valence-electron chi connectivity index (χ1n) is 10.5. The van der Waals surface area contributed by atoms with Gasteiger partial charge in [0.05, 0.1) is 36.0 Å². The summed E-state index contributed by atoms with van der Waals surface area (Å²) in [6.07, 6.45) is 11.8. The summed E-state index contributed by atoms with van der Waals surface area (Å²) in [6.45, 7) is 4.09. The minimum atomic E-state index is -0.741. The summed E-state index contributed by atoms with van der Waals surface area (Å²) in [5.74, 6) is 0.770. The summed E-state index contributed by atoms with van der Waals surface area (Å²) in [6, 6.07) is 7.99. The average Bonchev–Trinajstić information content (AvgIpc) is 3.48. The minimum absolute atomic E-state index is 0.451. The summed E-state index contributed by atoms with van der Waals surface area (Å²) in [5, 5.41) is 4.81. The number of rotatable bonds is 5. The normalized spacial score (nSPS) is 19.7. The third-order valence-corrected chi connectivity index (χ3v) is 5.71. The van der Waals surface area contributed by atoms with E-state index >= 15 is 0 Å². The van der Waals surface area contributed by atoms with Crippen LogP contribution in [0.2, 0.25) is 0 Å². The summed E-state index contributed by atoms with van der Waals surface area (Å²) in [4.78, 5) is 13.2. The highest BCUT2D eigenvalue weighted by Gasteiger charge is 2.29. The van der Waals surface area contributed by atoms with E-state index in [0.29, 0.717) is 19.5 Å². The van der Waals surface area contributed by atoms with Crippen molar-refractivity contribution in [2.45, 2.75) is 38.9 Å². The molecule has 6 nitrogen and oxygen atoms in total. The number of aromatic nitrogens is 4. The predicted molar refractivity (Wildman–Crippen MR) is 116 cm³/mol. The number of nitrogens with zero attached hydrogens (tertiary/aromatic N) is 6. The van der Waals surface area contributed by atoms with Crippen molar-refractivity contribution in [3.63, 3.8) is 0 Å². The number of allylic oxidation sites excluding steroid dienone is 1. The van der Waals surface area contributed by atoms with E-state index < -0.39 is 6.17 Å². The van der Waals surface area contributed by atoms with Crippen LogP contribution >= 0.6 is 0 Å². The van der Waals surface area contributed by atoms with Crippen LogP contribution in [0.1, 0.15) is 37.4 Å². The number of anilines is 2. The molecule has 0 amide bonds. The van der Waals surface area contributed by atoms with Crippen molar-refractivity contribution < 1.29 is 4.39 Å². The Hall–Kier alpha value is -3.22. The maximum Gasteiger partial charge on any atom is 0.153 e. The summed E-state index contributed by atoms with van der Waals surface area (Å²) in [7, 11) is 0. The Bertz CT molecular complexity index is 1040. The highest BCUT2D eigenvalue weighted by Crippen LogP contribution is 2.36. The minimum Gasteiger partial charge on any atom is -0.367 e. The third-order valence-electron chi connectivity index (χ3n) is 5.71. The van der Waals surface area contributed by atoms with E-state index in [-0.39, 0.29) is 0 Å². The van der Waals surface area contributed by atoms with Gasteiger partial charge in [-0.2, -0.15) is 5.10 Å². The molecule has 5 rings (SSSR count). The van der Waals surface area contributed by atoms with E-state index in [0.717, 1.165) is 47.8 Å². The topological polar surface area (TPSA) is 50.1 Å². The standard InChI is InChI=1S/C23H25FN6/c1-2-3-6-22-20-15-30(27-21(20)16-29(22)19-5-4-10-25-12-19)23-8-7-18(13-26-23)28-11-9-17(24)14-28/h4-8,10,12-13,15,17H,2-3,9,11,14,16H2,1H3/t17-/m0/s1. The van der Waals surface area contributed by atoms with Gasteiger partial charge in [0.2, 0.25) is 0 Å². The molecule has 3 aromatic heterocycles. The Balaban J connectivity index is 1.42. The van der Waals surface area contributed by atoms with Crippen molar-refractivity contribution in [3.8, 4) is 5.82 Å². The van der Waals surface area contributed by atoms with Crippen LogP contribution in [0.15, 0.2) is 55.1 Å². The molecule has 5 heterocycles. The van der Waals surface area contributed by atoms with Crippen LogP contribution in [0.5, 0.6) is 0 Å². The van der Waals surface area contributed by atoms with E-state index in [1.165, 1.54) is 5.70 Å². The number of alkyl halides is 1. The van der Waals surface area contributed by atoms with Crippen LogP contribution in [0.25, 0.3) is 11.5 Å². The predicted octanol–water partition coefficient (Wildman–Crippen LogP) is 4.37. The first-order chi connectivity index (χ1) is 14.7. The highest BCUT2D eigenvalue weighted by atomic mass is 19.1. The molecular formula is C23H25FN6. The van der Waals surface area contributed by atoms with E-state index in [1.807, 2.05) is 40.2 Å². The van der Waals surface area contributed by atoms with E-state index in [1.54, 1.807) is 6.20 Å². The maximum absolute atomic E-state index is 13.5. The summed E-state index contributed by atoms with van der Waals surface area (Å²) in [5.41, 5.74) is 5.38. The van der Waals surface area contributed by atoms with Crippen LogP contribution in [0.3, 0.4) is 0 Å². The zero-order chi connectivity index (χ0) is 20.5. The molecular weight excluding hydrogens is 379 g/mol. The monoisotopic (exact) mass is 404 g/mol.